The number of thiophene rings is 1. The van der Waals surface area contributed by atoms with Gasteiger partial charge in [-0.15, -0.1) is 11.3 Å². The zero-order valence-corrected chi connectivity index (χ0v) is 31.6. The van der Waals surface area contributed by atoms with Crippen LogP contribution in [0.5, 0.6) is 0 Å². The van der Waals surface area contributed by atoms with Crippen molar-refractivity contribution in [2.75, 3.05) is 4.90 Å². The van der Waals surface area contributed by atoms with E-state index in [1.165, 1.54) is 86.0 Å². The smallest absolute Gasteiger partial charge is 0.0640 e. The van der Waals surface area contributed by atoms with Crippen molar-refractivity contribution >= 4 is 70.5 Å². The lowest BCUT2D eigenvalue weighted by molar-refractivity contribution is 0.845. The molecule has 2 aliphatic rings. The van der Waals surface area contributed by atoms with E-state index in [1.807, 2.05) is 11.3 Å². The molecule has 1 aromatic heterocycles. The minimum Gasteiger partial charge on any atom is -0.308 e. The van der Waals surface area contributed by atoms with Crippen LogP contribution in [0.1, 0.15) is 12.0 Å². The van der Waals surface area contributed by atoms with Crippen molar-refractivity contribution < 1.29 is 0 Å². The first-order chi connectivity index (χ1) is 27.8. The first kappa shape index (κ1) is 32.7. The van der Waals surface area contributed by atoms with Crippen LogP contribution < -0.4 is 15.3 Å². The highest BCUT2D eigenvalue weighted by Gasteiger charge is 2.24. The normalized spacial score (nSPS) is 14.7. The van der Waals surface area contributed by atoms with E-state index in [2.05, 4.69) is 211 Å². The van der Waals surface area contributed by atoms with Gasteiger partial charge >= 0.3 is 0 Å². The molecule has 11 rings (SSSR count). The van der Waals surface area contributed by atoms with Gasteiger partial charge in [-0.2, -0.15) is 0 Å². The highest BCUT2D eigenvalue weighted by molar-refractivity contribution is 7.26. The van der Waals surface area contributed by atoms with Crippen molar-refractivity contribution in [2.45, 2.75) is 6.42 Å². The Hall–Kier alpha value is -6.74. The molecule has 0 N–H and O–H groups in total. The summed E-state index contributed by atoms with van der Waals surface area (Å²) in [7, 11) is 0. The quantitative estimate of drug-likeness (QED) is 0.165. The molecule has 0 saturated carbocycles. The average Bonchev–Trinajstić information content (AvgIpc) is 3.66. The predicted octanol–water partition coefficient (Wildman–Crippen LogP) is 13.5. The average molecular weight is 732 g/mol. The highest BCUT2D eigenvalue weighted by Crippen LogP contribution is 2.48. The van der Waals surface area contributed by atoms with Gasteiger partial charge in [0.05, 0.1) is 16.1 Å². The minimum absolute atomic E-state index is 0.386. The molecule has 1 heterocycles. The van der Waals surface area contributed by atoms with Crippen molar-refractivity contribution in [3.05, 3.63) is 222 Å². The van der Waals surface area contributed by atoms with Gasteiger partial charge in [-0.05, 0) is 91.4 Å². The molecule has 9 aromatic rings. The summed E-state index contributed by atoms with van der Waals surface area (Å²) in [6, 6.07) is 67.2. The van der Waals surface area contributed by atoms with E-state index >= 15 is 0 Å². The SMILES string of the molecule is C1=CC2=c3ccccc3=C(c3ccc(N(c4cc(-c5cccc6ccccc56)ccc4-c4ccccc4)c4cccc5c4sc4ccccc45)cc3)CC2C=C1. The maximum absolute atomic E-state index is 2.51. The van der Waals surface area contributed by atoms with Crippen molar-refractivity contribution in [1.29, 1.82) is 0 Å². The second-order valence-electron chi connectivity index (χ2n) is 14.8. The Morgan fingerprint density at radius 1 is 0.482 bits per heavy atom. The van der Waals surface area contributed by atoms with Gasteiger partial charge < -0.3 is 4.90 Å². The summed E-state index contributed by atoms with van der Waals surface area (Å²) in [5, 5.41) is 7.77. The van der Waals surface area contributed by atoms with Gasteiger partial charge in [0.25, 0.3) is 0 Å². The molecule has 0 radical (unpaired) electrons. The molecule has 1 unspecified atom stereocenters. The summed E-state index contributed by atoms with van der Waals surface area (Å²) >= 11 is 1.88. The maximum Gasteiger partial charge on any atom is 0.0640 e. The molecule has 2 aliphatic carbocycles. The lowest BCUT2D eigenvalue weighted by Gasteiger charge is -2.30. The molecule has 56 heavy (non-hydrogen) atoms. The molecule has 8 aromatic carbocycles. The first-order valence-corrected chi connectivity index (χ1v) is 20.3. The number of fused-ring (bicyclic) bond motifs is 6. The van der Waals surface area contributed by atoms with Gasteiger partial charge in [-0.3, -0.25) is 0 Å². The summed E-state index contributed by atoms with van der Waals surface area (Å²) in [6.45, 7) is 0. The summed E-state index contributed by atoms with van der Waals surface area (Å²) in [5.74, 6) is 0.386. The van der Waals surface area contributed by atoms with Crippen LogP contribution in [0.4, 0.5) is 17.1 Å². The Morgan fingerprint density at radius 2 is 1.20 bits per heavy atom. The van der Waals surface area contributed by atoms with Crippen LogP contribution in [0.2, 0.25) is 0 Å². The molecule has 1 atom stereocenters. The van der Waals surface area contributed by atoms with Crippen LogP contribution >= 0.6 is 11.3 Å². The molecule has 0 amide bonds. The lowest BCUT2D eigenvalue weighted by Crippen LogP contribution is -2.35. The first-order valence-electron chi connectivity index (χ1n) is 19.4. The van der Waals surface area contributed by atoms with Gasteiger partial charge in [0, 0.05) is 32.6 Å². The van der Waals surface area contributed by atoms with Gasteiger partial charge in [0.2, 0.25) is 0 Å². The van der Waals surface area contributed by atoms with Crippen molar-refractivity contribution in [3.63, 3.8) is 0 Å². The summed E-state index contributed by atoms with van der Waals surface area (Å²) in [5.41, 5.74) is 12.4. The van der Waals surface area contributed by atoms with E-state index in [4.69, 9.17) is 0 Å². The third-order valence-corrected chi connectivity index (χ3v) is 12.8. The van der Waals surface area contributed by atoms with Gasteiger partial charge in [-0.1, -0.05) is 176 Å². The molecule has 0 fully saturated rings. The van der Waals surface area contributed by atoms with Crippen molar-refractivity contribution in [1.82, 2.24) is 0 Å². The van der Waals surface area contributed by atoms with Crippen LogP contribution in [-0.2, 0) is 0 Å². The lowest BCUT2D eigenvalue weighted by atomic mass is 9.80. The maximum atomic E-state index is 2.51. The molecule has 0 aliphatic heterocycles. The minimum atomic E-state index is 0.386. The molecular weight excluding hydrogens is 695 g/mol. The zero-order chi connectivity index (χ0) is 37.0. The van der Waals surface area contributed by atoms with E-state index in [1.54, 1.807) is 0 Å². The number of hydrogen-bond acceptors (Lipinski definition) is 2. The van der Waals surface area contributed by atoms with Crippen LogP contribution in [0.3, 0.4) is 0 Å². The van der Waals surface area contributed by atoms with Crippen molar-refractivity contribution in [2.24, 2.45) is 5.92 Å². The second-order valence-corrected chi connectivity index (χ2v) is 15.8. The highest BCUT2D eigenvalue weighted by atomic mass is 32.1. The Morgan fingerprint density at radius 3 is 2.09 bits per heavy atom. The second kappa shape index (κ2) is 13.5. The fourth-order valence-corrected chi connectivity index (χ4v) is 10.2. The van der Waals surface area contributed by atoms with Crippen LogP contribution in [0.15, 0.2) is 206 Å². The predicted molar refractivity (Wildman–Crippen MR) is 240 cm³/mol. The van der Waals surface area contributed by atoms with Crippen LogP contribution in [0, 0.1) is 5.92 Å². The van der Waals surface area contributed by atoms with E-state index in [-0.39, 0.29) is 0 Å². The Balaban J connectivity index is 1.16. The zero-order valence-electron chi connectivity index (χ0n) is 30.8. The fourth-order valence-electron chi connectivity index (χ4n) is 9.00. The number of benzene rings is 8. The summed E-state index contributed by atoms with van der Waals surface area (Å²) in [6.07, 6.45) is 10.0. The van der Waals surface area contributed by atoms with E-state index in [0.29, 0.717) is 5.92 Å². The molecule has 1 nitrogen and oxygen atoms in total. The Bertz CT molecular complexity index is 3160. The number of rotatable bonds is 6. The number of anilines is 3. The van der Waals surface area contributed by atoms with Crippen LogP contribution in [0.25, 0.3) is 64.3 Å². The number of hydrogen-bond donors (Lipinski definition) is 0. The van der Waals surface area contributed by atoms with Crippen molar-refractivity contribution in [3.8, 4) is 22.3 Å². The van der Waals surface area contributed by atoms with Crippen LogP contribution in [-0.4, -0.2) is 0 Å². The molecule has 0 bridgehead atoms. The molecule has 264 valence electrons. The summed E-state index contributed by atoms with van der Waals surface area (Å²) in [4.78, 5) is 2.51. The molecule has 2 heteroatoms. The Labute approximate surface area is 330 Å². The van der Waals surface area contributed by atoms with E-state index in [9.17, 15) is 0 Å². The third-order valence-electron chi connectivity index (χ3n) is 11.6. The van der Waals surface area contributed by atoms with E-state index < -0.39 is 0 Å². The largest absolute Gasteiger partial charge is 0.308 e. The fraction of sp³-hybridized carbons (Fsp3) is 0.0370. The summed E-state index contributed by atoms with van der Waals surface area (Å²) < 4.78 is 2.58. The molecule has 0 spiro atoms. The third kappa shape index (κ3) is 5.45. The molecular formula is C54H37NS. The topological polar surface area (TPSA) is 3.24 Å². The van der Waals surface area contributed by atoms with E-state index in [0.717, 1.165) is 17.8 Å². The number of nitrogens with zero attached hydrogens (tertiary/aromatic N) is 1. The van der Waals surface area contributed by atoms with Gasteiger partial charge in [0.1, 0.15) is 0 Å². The van der Waals surface area contributed by atoms with Gasteiger partial charge in [0.15, 0.2) is 0 Å². The number of allylic oxidation sites excluding steroid dienone is 4. The molecule has 0 saturated heterocycles. The Kier molecular flexibility index (Phi) is 7.89. The van der Waals surface area contributed by atoms with Gasteiger partial charge in [-0.25, -0.2) is 0 Å². The monoisotopic (exact) mass is 731 g/mol. The standard InChI is InChI=1S/C54H37NS/c1-2-14-37(15-3-1)45-33-30-40(43-24-12-18-36-16-4-6-19-42(36)43)35-52(45)55(51-26-13-25-49-48-23-10-11-27-53(48)56-54(49)51)41-31-28-38(29-32-41)50-34-39-17-5-7-20-44(39)46-21-8-9-22-47(46)50/h1-33,35,39H,34H2.